The first kappa shape index (κ1) is 16.6. The molecule has 1 rings (SSSR count). The summed E-state index contributed by atoms with van der Waals surface area (Å²) in [6.45, 7) is 9.03. The Kier molecular flexibility index (Phi) is 6.96. The molecule has 0 aromatic rings. The quantitative estimate of drug-likeness (QED) is 0.798. The Hall–Kier alpha value is -0.460. The normalized spacial score (nSPS) is 18.9. The molecule has 3 N–H and O–H groups in total. The average molecular weight is 289 g/mol. The van der Waals surface area contributed by atoms with E-state index in [2.05, 4.69) is 10.2 Å². The molecule has 1 aliphatic heterocycles. The molecule has 0 saturated carbocycles. The van der Waals surface area contributed by atoms with Crippen molar-refractivity contribution in [3.8, 4) is 0 Å². The van der Waals surface area contributed by atoms with Gasteiger partial charge in [-0.15, -0.1) is 0 Å². The van der Waals surface area contributed by atoms with Crippen LogP contribution in [0.4, 0.5) is 4.79 Å². The van der Waals surface area contributed by atoms with Gasteiger partial charge in [0.1, 0.15) is 5.60 Å². The monoisotopic (exact) mass is 289 g/mol. The lowest BCUT2D eigenvalue weighted by Gasteiger charge is -2.33. The van der Waals surface area contributed by atoms with Crippen molar-refractivity contribution in [2.45, 2.75) is 38.8 Å². The van der Waals surface area contributed by atoms with Gasteiger partial charge in [-0.1, -0.05) is 0 Å². The Morgan fingerprint density at radius 2 is 2.05 bits per heavy atom. The van der Waals surface area contributed by atoms with Crippen molar-refractivity contribution in [1.82, 2.24) is 10.2 Å². The molecule has 112 valence electrons. The van der Waals surface area contributed by atoms with Gasteiger partial charge < -0.3 is 15.8 Å². The highest BCUT2D eigenvalue weighted by molar-refractivity contribution is 7.99. The first-order chi connectivity index (χ1) is 8.92. The number of alkyl carbamates (subject to hydrolysis) is 1. The summed E-state index contributed by atoms with van der Waals surface area (Å²) in [6, 6.07) is 0.357. The molecule has 1 saturated heterocycles. The second-order valence-electron chi connectivity index (χ2n) is 5.76. The standard InChI is InChI=1S/C13H27N3O2S/c1-13(2,3)18-12(17)15-5-4-11(10-14)16-6-8-19-9-7-16/h11H,4-10,14H2,1-3H3,(H,15,17). The van der Waals surface area contributed by atoms with Crippen LogP contribution in [0.2, 0.25) is 0 Å². The second kappa shape index (κ2) is 7.97. The SMILES string of the molecule is CC(C)(C)OC(=O)NCCC(CN)N1CCSCC1. The smallest absolute Gasteiger partial charge is 0.407 e. The molecule has 19 heavy (non-hydrogen) atoms. The van der Waals surface area contributed by atoms with Crippen LogP contribution >= 0.6 is 11.8 Å². The van der Waals surface area contributed by atoms with Gasteiger partial charge in [-0.25, -0.2) is 4.79 Å². The maximum Gasteiger partial charge on any atom is 0.407 e. The van der Waals surface area contributed by atoms with Crippen molar-refractivity contribution in [2.24, 2.45) is 5.73 Å². The van der Waals surface area contributed by atoms with Gasteiger partial charge in [-0.2, -0.15) is 11.8 Å². The molecule has 0 aliphatic carbocycles. The van der Waals surface area contributed by atoms with Crippen LogP contribution in [0.15, 0.2) is 0 Å². The molecular weight excluding hydrogens is 262 g/mol. The maximum atomic E-state index is 11.5. The van der Waals surface area contributed by atoms with Gasteiger partial charge in [-0.3, -0.25) is 4.90 Å². The summed E-state index contributed by atoms with van der Waals surface area (Å²) in [5.41, 5.74) is 5.39. The predicted octanol–water partition coefficient (Wildman–Crippen LogP) is 1.28. The highest BCUT2D eigenvalue weighted by atomic mass is 32.2. The van der Waals surface area contributed by atoms with Gasteiger partial charge in [-0.05, 0) is 27.2 Å². The van der Waals surface area contributed by atoms with Crippen LogP contribution in [0.1, 0.15) is 27.2 Å². The van der Waals surface area contributed by atoms with E-state index in [0.717, 1.165) is 19.5 Å². The van der Waals surface area contributed by atoms with Crippen molar-refractivity contribution in [3.05, 3.63) is 0 Å². The molecular formula is C13H27N3O2S. The minimum atomic E-state index is -0.443. The Bertz CT molecular complexity index is 276. The molecule has 0 spiro atoms. The number of ether oxygens (including phenoxy) is 1. The third-order valence-corrected chi connectivity index (χ3v) is 3.92. The Balaban J connectivity index is 2.23. The zero-order chi connectivity index (χ0) is 14.3. The molecule has 1 amide bonds. The summed E-state index contributed by atoms with van der Waals surface area (Å²) in [5, 5.41) is 2.79. The lowest BCUT2D eigenvalue weighted by Crippen LogP contribution is -2.46. The van der Waals surface area contributed by atoms with E-state index in [-0.39, 0.29) is 6.09 Å². The van der Waals surface area contributed by atoms with E-state index in [1.165, 1.54) is 11.5 Å². The first-order valence-corrected chi connectivity index (χ1v) is 8.06. The van der Waals surface area contributed by atoms with Crippen LogP contribution in [0.5, 0.6) is 0 Å². The first-order valence-electron chi connectivity index (χ1n) is 6.91. The maximum absolute atomic E-state index is 11.5. The van der Waals surface area contributed by atoms with Crippen LogP contribution in [-0.2, 0) is 4.74 Å². The minimum Gasteiger partial charge on any atom is -0.444 e. The van der Waals surface area contributed by atoms with E-state index in [1.807, 2.05) is 32.5 Å². The summed E-state index contributed by atoms with van der Waals surface area (Å²) in [5.74, 6) is 2.35. The van der Waals surface area contributed by atoms with Gasteiger partial charge >= 0.3 is 6.09 Å². The summed E-state index contributed by atoms with van der Waals surface area (Å²) in [6.07, 6.45) is 0.526. The molecule has 5 nitrogen and oxygen atoms in total. The van der Waals surface area contributed by atoms with E-state index >= 15 is 0 Å². The molecule has 1 fully saturated rings. The number of hydrogen-bond donors (Lipinski definition) is 2. The number of rotatable bonds is 5. The number of thioether (sulfide) groups is 1. The van der Waals surface area contributed by atoms with Crippen molar-refractivity contribution in [1.29, 1.82) is 0 Å². The molecule has 1 heterocycles. The number of hydrogen-bond acceptors (Lipinski definition) is 5. The number of nitrogens with zero attached hydrogens (tertiary/aromatic N) is 1. The number of nitrogens with two attached hydrogens (primary N) is 1. The molecule has 0 aromatic carbocycles. The zero-order valence-electron chi connectivity index (χ0n) is 12.3. The van der Waals surface area contributed by atoms with E-state index < -0.39 is 5.60 Å². The van der Waals surface area contributed by atoms with E-state index in [0.29, 0.717) is 19.1 Å². The largest absolute Gasteiger partial charge is 0.444 e. The van der Waals surface area contributed by atoms with Crippen molar-refractivity contribution < 1.29 is 9.53 Å². The van der Waals surface area contributed by atoms with Crippen molar-refractivity contribution in [2.75, 3.05) is 37.7 Å². The van der Waals surface area contributed by atoms with Crippen LogP contribution < -0.4 is 11.1 Å². The Labute approximate surface area is 120 Å². The zero-order valence-corrected chi connectivity index (χ0v) is 13.1. The summed E-state index contributed by atoms with van der Waals surface area (Å²) >= 11 is 1.99. The fourth-order valence-electron chi connectivity index (χ4n) is 2.05. The van der Waals surface area contributed by atoms with Crippen LogP contribution in [-0.4, -0.2) is 60.3 Å². The van der Waals surface area contributed by atoms with Crippen LogP contribution in [0.25, 0.3) is 0 Å². The topological polar surface area (TPSA) is 67.6 Å². The predicted molar refractivity (Wildman–Crippen MR) is 80.6 cm³/mol. The molecule has 1 atom stereocenters. The fourth-order valence-corrected chi connectivity index (χ4v) is 2.98. The van der Waals surface area contributed by atoms with E-state index in [9.17, 15) is 4.79 Å². The highest BCUT2D eigenvalue weighted by Crippen LogP contribution is 2.13. The third kappa shape index (κ3) is 7.03. The minimum absolute atomic E-state index is 0.350. The lowest BCUT2D eigenvalue weighted by atomic mass is 10.1. The molecule has 0 radical (unpaired) electrons. The summed E-state index contributed by atoms with van der Waals surface area (Å²) < 4.78 is 5.20. The summed E-state index contributed by atoms with van der Waals surface area (Å²) in [4.78, 5) is 13.9. The molecule has 1 unspecified atom stereocenters. The van der Waals surface area contributed by atoms with E-state index in [4.69, 9.17) is 10.5 Å². The molecule has 0 bridgehead atoms. The van der Waals surface area contributed by atoms with E-state index in [1.54, 1.807) is 0 Å². The van der Waals surface area contributed by atoms with Crippen molar-refractivity contribution >= 4 is 17.9 Å². The number of amides is 1. The third-order valence-electron chi connectivity index (χ3n) is 2.98. The van der Waals surface area contributed by atoms with Gasteiger partial charge in [0.05, 0.1) is 0 Å². The number of carbonyl (C=O) groups is 1. The Morgan fingerprint density at radius 1 is 1.42 bits per heavy atom. The summed E-state index contributed by atoms with van der Waals surface area (Å²) in [7, 11) is 0. The number of carbonyl (C=O) groups excluding carboxylic acids is 1. The van der Waals surface area contributed by atoms with Gasteiger partial charge in [0, 0.05) is 43.7 Å². The Morgan fingerprint density at radius 3 is 2.58 bits per heavy atom. The average Bonchev–Trinajstić information content (AvgIpc) is 2.33. The van der Waals surface area contributed by atoms with Gasteiger partial charge in [0.2, 0.25) is 0 Å². The fraction of sp³-hybridized carbons (Fsp3) is 0.923. The molecule has 0 aromatic heterocycles. The lowest BCUT2D eigenvalue weighted by molar-refractivity contribution is 0.0522. The van der Waals surface area contributed by atoms with Gasteiger partial charge in [0.15, 0.2) is 0 Å². The van der Waals surface area contributed by atoms with Crippen LogP contribution in [0, 0.1) is 0 Å². The number of nitrogens with one attached hydrogen (secondary N) is 1. The highest BCUT2D eigenvalue weighted by Gasteiger charge is 2.20. The van der Waals surface area contributed by atoms with Gasteiger partial charge in [0.25, 0.3) is 0 Å². The second-order valence-corrected chi connectivity index (χ2v) is 6.98. The van der Waals surface area contributed by atoms with Crippen molar-refractivity contribution in [3.63, 3.8) is 0 Å². The molecule has 1 aliphatic rings. The van der Waals surface area contributed by atoms with Crippen LogP contribution in [0.3, 0.4) is 0 Å². The molecule has 6 heteroatoms.